The third kappa shape index (κ3) is 8.95. The first kappa shape index (κ1) is 39.7. The summed E-state index contributed by atoms with van der Waals surface area (Å²) >= 11 is 0. The first-order chi connectivity index (χ1) is 31.7. The second-order valence-electron chi connectivity index (χ2n) is 15.8. The maximum Gasteiger partial charge on any atom is 0.0462 e. The number of rotatable bonds is 12. The summed E-state index contributed by atoms with van der Waals surface area (Å²) in [6.07, 6.45) is 4.37. The van der Waals surface area contributed by atoms with E-state index in [1.54, 1.807) is 0 Å². The normalized spacial score (nSPS) is 11.1. The van der Waals surface area contributed by atoms with Gasteiger partial charge in [0.25, 0.3) is 0 Å². The lowest BCUT2D eigenvalue weighted by atomic mass is 10.00. The van der Waals surface area contributed by atoms with Gasteiger partial charge in [0, 0.05) is 34.1 Å². The largest absolute Gasteiger partial charge is 0.311 e. The smallest absolute Gasteiger partial charge is 0.0462 e. The van der Waals surface area contributed by atoms with E-state index >= 15 is 0 Å². The fourth-order valence-corrected chi connectivity index (χ4v) is 8.29. The predicted molar refractivity (Wildman–Crippen MR) is 273 cm³/mol. The van der Waals surface area contributed by atoms with E-state index < -0.39 is 0 Å². The highest BCUT2D eigenvalue weighted by atomic mass is 15.1. The summed E-state index contributed by atoms with van der Waals surface area (Å²) in [6, 6.07) is 95.1. The van der Waals surface area contributed by atoms with E-state index in [0.717, 1.165) is 45.3 Å². The van der Waals surface area contributed by atoms with Gasteiger partial charge in [-0.05, 0) is 128 Å². The van der Waals surface area contributed by atoms with E-state index in [1.807, 2.05) is 0 Å². The third-order valence-electron chi connectivity index (χ3n) is 11.7. The third-order valence-corrected chi connectivity index (χ3v) is 11.7. The molecule has 0 N–H and O–H groups in total. The van der Waals surface area contributed by atoms with Crippen LogP contribution < -0.4 is 9.80 Å². The molecule has 0 bridgehead atoms. The van der Waals surface area contributed by atoms with Crippen molar-refractivity contribution in [1.29, 1.82) is 0 Å². The van der Waals surface area contributed by atoms with Crippen LogP contribution in [0.15, 0.2) is 267 Å². The lowest BCUT2D eigenvalue weighted by molar-refractivity contribution is 1.28. The first-order valence-corrected chi connectivity index (χ1v) is 21.8. The summed E-state index contributed by atoms with van der Waals surface area (Å²) in [7, 11) is 0. The molecule has 0 spiro atoms. The lowest BCUT2D eigenvalue weighted by Gasteiger charge is -2.26. The van der Waals surface area contributed by atoms with E-state index in [2.05, 4.69) is 289 Å². The molecular formula is C62H46N2. The van der Waals surface area contributed by atoms with Gasteiger partial charge in [0.1, 0.15) is 0 Å². The molecule has 0 saturated heterocycles. The van der Waals surface area contributed by atoms with Crippen molar-refractivity contribution in [2.24, 2.45) is 0 Å². The van der Waals surface area contributed by atoms with Crippen molar-refractivity contribution in [3.05, 3.63) is 278 Å². The number of para-hydroxylation sites is 2. The summed E-state index contributed by atoms with van der Waals surface area (Å²) < 4.78 is 0. The van der Waals surface area contributed by atoms with Gasteiger partial charge in [-0.1, -0.05) is 206 Å². The van der Waals surface area contributed by atoms with E-state index in [1.165, 1.54) is 44.5 Å². The van der Waals surface area contributed by atoms with Crippen LogP contribution in [0.5, 0.6) is 0 Å². The van der Waals surface area contributed by atoms with E-state index in [-0.39, 0.29) is 0 Å². The van der Waals surface area contributed by atoms with Crippen LogP contribution in [0.3, 0.4) is 0 Å². The predicted octanol–water partition coefficient (Wildman–Crippen LogP) is 17.5. The van der Waals surface area contributed by atoms with Gasteiger partial charge in [-0.3, -0.25) is 0 Å². The highest BCUT2D eigenvalue weighted by Gasteiger charge is 2.14. The summed E-state index contributed by atoms with van der Waals surface area (Å²) in [5.41, 5.74) is 18.6. The molecule has 2 heteroatoms. The first-order valence-electron chi connectivity index (χ1n) is 21.8. The summed E-state index contributed by atoms with van der Waals surface area (Å²) in [6.45, 7) is 0. The molecular weight excluding hydrogens is 773 g/mol. The van der Waals surface area contributed by atoms with Crippen LogP contribution in [0.2, 0.25) is 0 Å². The summed E-state index contributed by atoms with van der Waals surface area (Å²) in [4.78, 5) is 4.62. The van der Waals surface area contributed by atoms with Crippen molar-refractivity contribution >= 4 is 46.3 Å². The zero-order valence-electron chi connectivity index (χ0n) is 35.5. The molecule has 0 saturated carbocycles. The van der Waals surface area contributed by atoms with Gasteiger partial charge in [0.05, 0.1) is 0 Å². The van der Waals surface area contributed by atoms with Crippen molar-refractivity contribution in [2.45, 2.75) is 0 Å². The lowest BCUT2D eigenvalue weighted by Crippen LogP contribution is -2.09. The van der Waals surface area contributed by atoms with E-state index in [9.17, 15) is 0 Å². The monoisotopic (exact) mass is 818 g/mol. The maximum absolute atomic E-state index is 2.31. The molecule has 0 amide bonds. The molecule has 0 radical (unpaired) electrons. The topological polar surface area (TPSA) is 6.48 Å². The second-order valence-corrected chi connectivity index (χ2v) is 15.8. The SMILES string of the molecule is C(=Cc1ccc(N(c2ccccc2)c2ccc(-c3ccc(-c4ccccc4)cc3)cc2)cc1)c1ccc(N(c2ccccc2)c2ccc(-c3ccc(-c4ccccc4)cc3)cc2)cc1. The molecule has 304 valence electrons. The molecule has 2 nitrogen and oxygen atoms in total. The average Bonchev–Trinajstić information content (AvgIpc) is 3.38. The average molecular weight is 819 g/mol. The van der Waals surface area contributed by atoms with Gasteiger partial charge in [-0.2, -0.15) is 0 Å². The van der Waals surface area contributed by atoms with E-state index in [0.29, 0.717) is 0 Å². The number of nitrogens with zero attached hydrogens (tertiary/aromatic N) is 2. The molecule has 0 aliphatic heterocycles. The summed E-state index contributed by atoms with van der Waals surface area (Å²) in [5, 5.41) is 0. The van der Waals surface area contributed by atoms with Crippen LogP contribution in [0.25, 0.3) is 56.7 Å². The fourth-order valence-electron chi connectivity index (χ4n) is 8.29. The van der Waals surface area contributed by atoms with Crippen molar-refractivity contribution in [3.8, 4) is 44.5 Å². The Bertz CT molecular complexity index is 2840. The number of hydrogen-bond acceptors (Lipinski definition) is 2. The minimum Gasteiger partial charge on any atom is -0.311 e. The van der Waals surface area contributed by atoms with Crippen molar-refractivity contribution in [1.82, 2.24) is 0 Å². The molecule has 10 aromatic carbocycles. The van der Waals surface area contributed by atoms with Gasteiger partial charge in [0.15, 0.2) is 0 Å². The summed E-state index contributed by atoms with van der Waals surface area (Å²) in [5.74, 6) is 0. The van der Waals surface area contributed by atoms with Gasteiger partial charge in [-0.15, -0.1) is 0 Å². The van der Waals surface area contributed by atoms with Crippen LogP contribution in [-0.4, -0.2) is 0 Å². The Morgan fingerprint density at radius 1 is 0.172 bits per heavy atom. The van der Waals surface area contributed by atoms with Crippen LogP contribution >= 0.6 is 0 Å². The number of anilines is 6. The molecule has 10 rings (SSSR count). The second kappa shape index (κ2) is 18.7. The Balaban J connectivity index is 0.847. The van der Waals surface area contributed by atoms with Crippen LogP contribution in [0.4, 0.5) is 34.1 Å². The minimum absolute atomic E-state index is 1.10. The highest BCUT2D eigenvalue weighted by molar-refractivity contribution is 5.82. The molecule has 0 unspecified atom stereocenters. The van der Waals surface area contributed by atoms with Crippen LogP contribution in [0, 0.1) is 0 Å². The van der Waals surface area contributed by atoms with Crippen molar-refractivity contribution in [2.75, 3.05) is 9.80 Å². The van der Waals surface area contributed by atoms with Crippen molar-refractivity contribution < 1.29 is 0 Å². The quantitative estimate of drug-likeness (QED) is 0.113. The van der Waals surface area contributed by atoms with E-state index in [4.69, 9.17) is 0 Å². The van der Waals surface area contributed by atoms with Gasteiger partial charge in [0.2, 0.25) is 0 Å². The van der Waals surface area contributed by atoms with Crippen LogP contribution in [0.1, 0.15) is 11.1 Å². The zero-order valence-corrected chi connectivity index (χ0v) is 35.5. The van der Waals surface area contributed by atoms with Gasteiger partial charge >= 0.3 is 0 Å². The Labute approximate surface area is 377 Å². The highest BCUT2D eigenvalue weighted by Crippen LogP contribution is 2.38. The molecule has 64 heavy (non-hydrogen) atoms. The molecule has 0 aromatic heterocycles. The van der Waals surface area contributed by atoms with Crippen LogP contribution in [-0.2, 0) is 0 Å². The molecule has 0 heterocycles. The molecule has 0 aliphatic carbocycles. The van der Waals surface area contributed by atoms with Gasteiger partial charge in [-0.25, -0.2) is 0 Å². The zero-order chi connectivity index (χ0) is 42.9. The Morgan fingerprint density at radius 2 is 0.359 bits per heavy atom. The Hall–Kier alpha value is -8.46. The Kier molecular flexibility index (Phi) is 11.6. The number of benzene rings is 10. The molecule has 10 aromatic rings. The standard InChI is InChI=1S/C62H46N2/c1-5-13-49(14-6-1)51-27-31-53(32-28-51)55-35-43-61(44-36-55)63(57-17-9-3-10-18-57)59-39-23-47(24-40-59)21-22-48-25-41-60(42-26-48)64(58-19-11-4-12-20-58)62-45-37-56(38-46-62)54-33-29-52(30-34-54)50-15-7-2-8-16-50/h1-46H. The molecule has 0 aliphatic rings. The molecule has 0 fully saturated rings. The minimum atomic E-state index is 1.10. The molecule has 0 atom stereocenters. The fraction of sp³-hybridized carbons (Fsp3) is 0. The Morgan fingerprint density at radius 3 is 0.625 bits per heavy atom. The van der Waals surface area contributed by atoms with Gasteiger partial charge < -0.3 is 9.80 Å². The maximum atomic E-state index is 2.31. The number of hydrogen-bond donors (Lipinski definition) is 0. The van der Waals surface area contributed by atoms with Crippen molar-refractivity contribution in [3.63, 3.8) is 0 Å².